The molecule has 1 atom stereocenters. The predicted octanol–water partition coefficient (Wildman–Crippen LogP) is 5.26. The molecule has 18 heavy (non-hydrogen) atoms. The third-order valence-corrected chi connectivity index (χ3v) is 5.91. The molecule has 2 rings (SSSR count). The highest BCUT2D eigenvalue weighted by Crippen LogP contribution is 2.37. The van der Waals surface area contributed by atoms with E-state index in [9.17, 15) is 0 Å². The summed E-state index contributed by atoms with van der Waals surface area (Å²) in [5.74, 6) is 1.92. The smallest absolute Gasteiger partial charge is 0.126 e. The quantitative estimate of drug-likeness (QED) is 0.750. The number of hydrogen-bond acceptors (Lipinski definition) is 3. The Balaban J connectivity index is 2.30. The van der Waals surface area contributed by atoms with Gasteiger partial charge in [-0.2, -0.15) is 0 Å². The molecule has 5 heteroatoms. The first kappa shape index (κ1) is 14.3. The average molecular weight is 393 g/mol. The van der Waals surface area contributed by atoms with Gasteiger partial charge in [-0.15, -0.1) is 11.3 Å². The number of hydrogen-bond donors (Lipinski definition) is 1. The fourth-order valence-corrected chi connectivity index (χ4v) is 3.92. The van der Waals surface area contributed by atoms with Crippen molar-refractivity contribution in [3.05, 3.63) is 42.9 Å². The van der Waals surface area contributed by atoms with Crippen LogP contribution < -0.4 is 5.32 Å². The minimum Gasteiger partial charge on any atom is -0.464 e. The molecule has 0 aliphatic heterocycles. The number of halogens is 2. The second-order valence-corrected chi connectivity index (χ2v) is 7.36. The van der Waals surface area contributed by atoms with Gasteiger partial charge in [0.15, 0.2) is 0 Å². The van der Waals surface area contributed by atoms with Crippen LogP contribution in [0.2, 0.25) is 0 Å². The molecular weight excluding hydrogens is 378 g/mol. The summed E-state index contributed by atoms with van der Waals surface area (Å²) in [7, 11) is 0. The highest BCUT2D eigenvalue weighted by atomic mass is 79.9. The molecule has 2 nitrogen and oxygen atoms in total. The van der Waals surface area contributed by atoms with Crippen LogP contribution in [-0.4, -0.2) is 6.54 Å². The van der Waals surface area contributed by atoms with Crippen molar-refractivity contribution < 1.29 is 4.42 Å². The summed E-state index contributed by atoms with van der Waals surface area (Å²) in [5, 5.41) is 3.53. The second kappa shape index (κ2) is 6.37. The molecule has 0 bridgehead atoms. The Morgan fingerprint density at radius 2 is 2.17 bits per heavy atom. The van der Waals surface area contributed by atoms with Crippen LogP contribution in [0.1, 0.15) is 35.8 Å². The maximum atomic E-state index is 5.76. The fraction of sp³-hybridized carbons (Fsp3) is 0.385. The molecule has 0 aliphatic rings. The van der Waals surface area contributed by atoms with Crippen LogP contribution >= 0.6 is 43.2 Å². The Bertz CT molecular complexity index is 501. The van der Waals surface area contributed by atoms with Crippen LogP contribution in [0.4, 0.5) is 0 Å². The molecule has 98 valence electrons. The Hall–Kier alpha value is -0.1000. The SMILES string of the molecule is CCCNC(c1ccc(C)o1)c1cc(Br)c(Br)s1. The van der Waals surface area contributed by atoms with Gasteiger partial charge >= 0.3 is 0 Å². The van der Waals surface area contributed by atoms with Gasteiger partial charge < -0.3 is 9.73 Å². The van der Waals surface area contributed by atoms with E-state index in [2.05, 4.69) is 50.2 Å². The molecule has 0 fully saturated rings. The minimum atomic E-state index is 0.131. The van der Waals surface area contributed by atoms with Gasteiger partial charge in [-0.3, -0.25) is 0 Å². The summed E-state index contributed by atoms with van der Waals surface area (Å²) in [6.07, 6.45) is 1.10. The number of furan rings is 1. The van der Waals surface area contributed by atoms with E-state index < -0.39 is 0 Å². The third-order valence-electron chi connectivity index (χ3n) is 2.59. The average Bonchev–Trinajstić information content (AvgIpc) is 2.88. The topological polar surface area (TPSA) is 25.2 Å². The van der Waals surface area contributed by atoms with Crippen LogP contribution in [0, 0.1) is 6.92 Å². The van der Waals surface area contributed by atoms with Gasteiger partial charge in [0.05, 0.1) is 3.79 Å². The lowest BCUT2D eigenvalue weighted by molar-refractivity contribution is 0.433. The lowest BCUT2D eigenvalue weighted by Crippen LogP contribution is -2.21. The monoisotopic (exact) mass is 391 g/mol. The minimum absolute atomic E-state index is 0.131. The summed E-state index contributed by atoms with van der Waals surface area (Å²) < 4.78 is 7.97. The molecule has 2 aromatic rings. The molecule has 1 N–H and O–H groups in total. The highest BCUT2D eigenvalue weighted by molar-refractivity contribution is 9.13. The van der Waals surface area contributed by atoms with Crippen LogP contribution in [0.3, 0.4) is 0 Å². The van der Waals surface area contributed by atoms with Crippen LogP contribution in [0.5, 0.6) is 0 Å². The van der Waals surface area contributed by atoms with Gasteiger partial charge in [0.2, 0.25) is 0 Å². The van der Waals surface area contributed by atoms with Crippen molar-refractivity contribution in [2.24, 2.45) is 0 Å². The van der Waals surface area contributed by atoms with Crippen LogP contribution in [-0.2, 0) is 0 Å². The first-order chi connectivity index (χ1) is 8.61. The van der Waals surface area contributed by atoms with Gasteiger partial charge in [0, 0.05) is 9.35 Å². The maximum absolute atomic E-state index is 5.76. The van der Waals surface area contributed by atoms with E-state index in [0.717, 1.165) is 32.7 Å². The van der Waals surface area contributed by atoms with E-state index >= 15 is 0 Å². The summed E-state index contributed by atoms with van der Waals surface area (Å²) in [6.45, 7) is 5.11. The van der Waals surface area contributed by atoms with Crippen molar-refractivity contribution in [3.63, 3.8) is 0 Å². The lowest BCUT2D eigenvalue weighted by Gasteiger charge is -2.14. The zero-order valence-electron chi connectivity index (χ0n) is 10.3. The molecule has 0 aromatic carbocycles. The number of nitrogens with one attached hydrogen (secondary N) is 1. The summed E-state index contributed by atoms with van der Waals surface area (Å²) >= 11 is 8.80. The molecule has 0 amide bonds. The van der Waals surface area contributed by atoms with E-state index in [1.807, 2.05) is 19.1 Å². The van der Waals surface area contributed by atoms with E-state index in [-0.39, 0.29) is 6.04 Å². The van der Waals surface area contributed by atoms with Gasteiger partial charge in [-0.1, -0.05) is 6.92 Å². The van der Waals surface area contributed by atoms with E-state index in [1.165, 1.54) is 4.88 Å². The Labute approximate surface area is 128 Å². The summed E-state index contributed by atoms with van der Waals surface area (Å²) in [4.78, 5) is 1.25. The fourth-order valence-electron chi connectivity index (χ4n) is 1.74. The molecule has 1 unspecified atom stereocenters. The predicted molar refractivity (Wildman–Crippen MR) is 83.3 cm³/mol. The van der Waals surface area contributed by atoms with Crippen molar-refractivity contribution in [2.45, 2.75) is 26.3 Å². The summed E-state index contributed by atoms with van der Waals surface area (Å²) in [6, 6.07) is 6.32. The molecular formula is C13H15Br2NOS. The van der Waals surface area contributed by atoms with Gasteiger partial charge in [-0.25, -0.2) is 0 Å². The normalized spacial score (nSPS) is 12.9. The third kappa shape index (κ3) is 3.26. The number of rotatable bonds is 5. The first-order valence-electron chi connectivity index (χ1n) is 5.86. The molecule has 0 saturated heterocycles. The highest BCUT2D eigenvalue weighted by Gasteiger charge is 2.20. The van der Waals surface area contributed by atoms with Gasteiger partial charge in [-0.05, 0) is 69.9 Å². The van der Waals surface area contributed by atoms with Crippen molar-refractivity contribution >= 4 is 43.2 Å². The lowest BCUT2D eigenvalue weighted by atomic mass is 10.2. The van der Waals surface area contributed by atoms with E-state index in [4.69, 9.17) is 4.42 Å². The van der Waals surface area contributed by atoms with Crippen molar-refractivity contribution in [1.82, 2.24) is 5.32 Å². The van der Waals surface area contributed by atoms with Crippen molar-refractivity contribution in [1.29, 1.82) is 0 Å². The molecule has 0 aliphatic carbocycles. The molecule has 0 saturated carbocycles. The van der Waals surface area contributed by atoms with Crippen molar-refractivity contribution in [2.75, 3.05) is 6.54 Å². The van der Waals surface area contributed by atoms with Crippen LogP contribution in [0.15, 0.2) is 30.9 Å². The number of aryl methyl sites for hydroxylation is 1. The Kier molecular flexibility index (Phi) is 5.06. The molecule has 2 heterocycles. The van der Waals surface area contributed by atoms with Gasteiger partial charge in [0.1, 0.15) is 17.6 Å². The van der Waals surface area contributed by atoms with Gasteiger partial charge in [0.25, 0.3) is 0 Å². The standard InChI is InChI=1S/C13H15Br2NOS/c1-3-6-16-12(10-5-4-8(2)17-10)11-7-9(14)13(15)18-11/h4-5,7,12,16H,3,6H2,1-2H3. The Morgan fingerprint density at radius 1 is 1.39 bits per heavy atom. The van der Waals surface area contributed by atoms with Crippen molar-refractivity contribution in [3.8, 4) is 0 Å². The van der Waals surface area contributed by atoms with E-state index in [1.54, 1.807) is 11.3 Å². The number of thiophene rings is 1. The largest absolute Gasteiger partial charge is 0.464 e. The Morgan fingerprint density at radius 3 is 2.67 bits per heavy atom. The molecule has 2 aromatic heterocycles. The van der Waals surface area contributed by atoms with Crippen LogP contribution in [0.25, 0.3) is 0 Å². The second-order valence-electron chi connectivity index (χ2n) is 4.11. The molecule has 0 spiro atoms. The maximum Gasteiger partial charge on any atom is 0.126 e. The molecule has 0 radical (unpaired) electrons. The first-order valence-corrected chi connectivity index (χ1v) is 8.26. The summed E-state index contributed by atoms with van der Waals surface area (Å²) in [5.41, 5.74) is 0. The zero-order chi connectivity index (χ0) is 13.1. The van der Waals surface area contributed by atoms with E-state index in [0.29, 0.717) is 0 Å². The zero-order valence-corrected chi connectivity index (χ0v) is 14.3.